The van der Waals surface area contributed by atoms with Crippen molar-refractivity contribution in [2.75, 3.05) is 6.54 Å². The summed E-state index contributed by atoms with van der Waals surface area (Å²) < 4.78 is 14.8. The van der Waals surface area contributed by atoms with E-state index in [2.05, 4.69) is 26.2 Å². The zero-order valence-corrected chi connectivity index (χ0v) is 15.1. The lowest BCUT2D eigenvalue weighted by atomic mass is 10.1. The van der Waals surface area contributed by atoms with Crippen LogP contribution in [0.1, 0.15) is 11.7 Å². The second-order valence-electron chi connectivity index (χ2n) is 5.71. The average molecular weight is 420 g/mol. The Balaban J connectivity index is 1.66. The molecular weight excluding hydrogens is 405 g/mol. The van der Waals surface area contributed by atoms with Gasteiger partial charge in [-0.15, -0.1) is 0 Å². The van der Waals surface area contributed by atoms with Crippen LogP contribution >= 0.6 is 15.9 Å². The highest BCUT2D eigenvalue weighted by Gasteiger charge is 2.12. The number of halogens is 2. The third kappa shape index (κ3) is 4.14. The molecule has 2 N–H and O–H groups in total. The van der Waals surface area contributed by atoms with E-state index >= 15 is 0 Å². The largest absolute Gasteiger partial charge is 0.387 e. The number of aromatic nitrogens is 2. The minimum atomic E-state index is -0.970. The Bertz CT molecular complexity index is 1000. The van der Waals surface area contributed by atoms with Gasteiger partial charge in [0.2, 0.25) is 5.91 Å². The maximum Gasteiger partial charge on any atom is 0.261 e. The van der Waals surface area contributed by atoms with Crippen molar-refractivity contribution in [1.82, 2.24) is 14.9 Å². The number of amides is 1. The number of benzene rings is 2. The van der Waals surface area contributed by atoms with Crippen LogP contribution in [0, 0.1) is 5.82 Å². The minimum absolute atomic E-state index is 0.0498. The molecule has 0 radical (unpaired) electrons. The number of fused-ring (bicyclic) bond motifs is 1. The van der Waals surface area contributed by atoms with Crippen LogP contribution in [0.5, 0.6) is 0 Å². The molecule has 0 aliphatic heterocycles. The third-order valence-electron chi connectivity index (χ3n) is 3.85. The predicted octanol–water partition coefficient (Wildman–Crippen LogP) is 2.15. The van der Waals surface area contributed by atoms with Gasteiger partial charge < -0.3 is 10.4 Å². The summed E-state index contributed by atoms with van der Waals surface area (Å²) in [6.07, 6.45) is 0.344. The summed E-state index contributed by atoms with van der Waals surface area (Å²) >= 11 is 3.30. The zero-order valence-electron chi connectivity index (χ0n) is 13.5. The van der Waals surface area contributed by atoms with E-state index in [4.69, 9.17) is 0 Å². The molecule has 3 rings (SSSR count). The van der Waals surface area contributed by atoms with Crippen molar-refractivity contribution in [2.24, 2.45) is 0 Å². The van der Waals surface area contributed by atoms with Gasteiger partial charge in [0, 0.05) is 11.0 Å². The van der Waals surface area contributed by atoms with Gasteiger partial charge in [-0.25, -0.2) is 9.37 Å². The van der Waals surface area contributed by atoms with Gasteiger partial charge in [-0.3, -0.25) is 14.2 Å². The van der Waals surface area contributed by atoms with Gasteiger partial charge in [0.1, 0.15) is 12.4 Å². The number of carbonyl (C=O) groups is 1. The first kappa shape index (κ1) is 18.2. The van der Waals surface area contributed by atoms with E-state index < -0.39 is 17.8 Å². The van der Waals surface area contributed by atoms with Crippen LogP contribution < -0.4 is 10.9 Å². The molecule has 0 saturated carbocycles. The SMILES string of the molecule is O=C(Cn1cnc2ccc(Br)cc2c1=O)NCC(O)c1ccc(F)cc1. The summed E-state index contributed by atoms with van der Waals surface area (Å²) in [6, 6.07) is 10.5. The number of nitrogens with zero attached hydrogens (tertiary/aromatic N) is 2. The smallest absolute Gasteiger partial charge is 0.261 e. The second-order valence-corrected chi connectivity index (χ2v) is 6.63. The van der Waals surface area contributed by atoms with Gasteiger partial charge in [0.25, 0.3) is 5.56 Å². The van der Waals surface area contributed by atoms with E-state index in [0.29, 0.717) is 16.5 Å². The topological polar surface area (TPSA) is 84.2 Å². The number of aliphatic hydroxyl groups is 1. The van der Waals surface area contributed by atoms with E-state index in [1.54, 1.807) is 18.2 Å². The van der Waals surface area contributed by atoms with Crippen LogP contribution in [0.4, 0.5) is 4.39 Å². The van der Waals surface area contributed by atoms with E-state index in [9.17, 15) is 19.1 Å². The lowest BCUT2D eigenvalue weighted by Crippen LogP contribution is -2.34. The number of hydrogen-bond acceptors (Lipinski definition) is 4. The average Bonchev–Trinajstić information content (AvgIpc) is 2.63. The molecule has 0 saturated heterocycles. The Labute approximate surface area is 156 Å². The molecule has 3 aromatic rings. The van der Waals surface area contributed by atoms with Crippen LogP contribution in [0.25, 0.3) is 10.9 Å². The molecule has 0 aliphatic carbocycles. The molecular formula is C18H15BrFN3O3. The van der Waals surface area contributed by atoms with Gasteiger partial charge in [0.15, 0.2) is 0 Å². The number of nitrogens with one attached hydrogen (secondary N) is 1. The van der Waals surface area contributed by atoms with Crippen molar-refractivity contribution < 1.29 is 14.3 Å². The van der Waals surface area contributed by atoms with E-state index in [1.165, 1.54) is 35.2 Å². The van der Waals surface area contributed by atoms with Gasteiger partial charge in [-0.1, -0.05) is 28.1 Å². The fourth-order valence-corrected chi connectivity index (χ4v) is 2.83. The summed E-state index contributed by atoms with van der Waals surface area (Å²) in [5.74, 6) is -0.843. The highest BCUT2D eigenvalue weighted by Crippen LogP contribution is 2.15. The fourth-order valence-electron chi connectivity index (χ4n) is 2.47. The van der Waals surface area contributed by atoms with Crippen LogP contribution in [-0.4, -0.2) is 27.1 Å². The lowest BCUT2D eigenvalue weighted by molar-refractivity contribution is -0.122. The van der Waals surface area contributed by atoms with Gasteiger partial charge >= 0.3 is 0 Å². The Morgan fingerprint density at radius 2 is 2.00 bits per heavy atom. The molecule has 1 aromatic heterocycles. The Hall–Kier alpha value is -2.58. The second kappa shape index (κ2) is 7.76. The molecule has 6 nitrogen and oxygen atoms in total. The third-order valence-corrected chi connectivity index (χ3v) is 4.34. The molecule has 0 aliphatic rings. The number of aliphatic hydroxyl groups excluding tert-OH is 1. The highest BCUT2D eigenvalue weighted by atomic mass is 79.9. The summed E-state index contributed by atoms with van der Waals surface area (Å²) in [6.45, 7) is -0.268. The zero-order chi connectivity index (χ0) is 18.7. The van der Waals surface area contributed by atoms with Crippen molar-refractivity contribution in [3.63, 3.8) is 0 Å². The summed E-state index contributed by atoms with van der Waals surface area (Å²) in [5, 5.41) is 13.0. The maximum atomic E-state index is 12.9. The van der Waals surface area contributed by atoms with Crippen LogP contribution in [0.15, 0.2) is 58.1 Å². The maximum absolute atomic E-state index is 12.9. The van der Waals surface area contributed by atoms with Crippen molar-refractivity contribution in [1.29, 1.82) is 0 Å². The van der Waals surface area contributed by atoms with E-state index in [0.717, 1.165) is 4.47 Å². The van der Waals surface area contributed by atoms with Crippen LogP contribution in [0.3, 0.4) is 0 Å². The van der Waals surface area contributed by atoms with Crippen molar-refractivity contribution in [3.05, 3.63) is 75.0 Å². The number of hydrogen-bond donors (Lipinski definition) is 2. The Kier molecular flexibility index (Phi) is 5.43. The predicted molar refractivity (Wildman–Crippen MR) is 98.1 cm³/mol. The fraction of sp³-hybridized carbons (Fsp3) is 0.167. The van der Waals surface area contributed by atoms with Crippen molar-refractivity contribution in [3.8, 4) is 0 Å². The number of carbonyl (C=O) groups excluding carboxylic acids is 1. The van der Waals surface area contributed by atoms with Crippen molar-refractivity contribution in [2.45, 2.75) is 12.6 Å². The first-order chi connectivity index (χ1) is 12.4. The number of rotatable bonds is 5. The standard InChI is InChI=1S/C18H15BrFN3O3/c19-12-3-6-15-14(7-12)18(26)23(10-22-15)9-17(25)21-8-16(24)11-1-4-13(20)5-2-11/h1-7,10,16,24H,8-9H2,(H,21,25). The van der Waals surface area contributed by atoms with Gasteiger partial charge in [-0.05, 0) is 35.9 Å². The Morgan fingerprint density at radius 1 is 1.27 bits per heavy atom. The molecule has 2 aromatic carbocycles. The van der Waals surface area contributed by atoms with Gasteiger partial charge in [0.05, 0.1) is 23.3 Å². The molecule has 8 heteroatoms. The van der Waals surface area contributed by atoms with Crippen LogP contribution in [0.2, 0.25) is 0 Å². The van der Waals surface area contributed by atoms with Crippen molar-refractivity contribution >= 4 is 32.7 Å². The minimum Gasteiger partial charge on any atom is -0.387 e. The summed E-state index contributed by atoms with van der Waals surface area (Å²) in [7, 11) is 0. The first-order valence-corrected chi connectivity index (χ1v) is 8.58. The molecule has 1 amide bonds. The molecule has 1 heterocycles. The van der Waals surface area contributed by atoms with Crippen LogP contribution in [-0.2, 0) is 11.3 Å². The molecule has 134 valence electrons. The normalized spacial score (nSPS) is 12.1. The van der Waals surface area contributed by atoms with Gasteiger partial charge in [-0.2, -0.15) is 0 Å². The van der Waals surface area contributed by atoms with E-state index in [1.807, 2.05) is 0 Å². The molecule has 0 fully saturated rings. The molecule has 0 spiro atoms. The molecule has 26 heavy (non-hydrogen) atoms. The molecule has 0 bridgehead atoms. The highest BCUT2D eigenvalue weighted by molar-refractivity contribution is 9.10. The quantitative estimate of drug-likeness (QED) is 0.663. The summed E-state index contributed by atoms with van der Waals surface area (Å²) in [4.78, 5) is 28.7. The molecule has 1 atom stereocenters. The first-order valence-electron chi connectivity index (χ1n) is 7.79. The summed E-state index contributed by atoms with van der Waals surface area (Å²) in [5.41, 5.74) is 0.702. The van der Waals surface area contributed by atoms with E-state index in [-0.39, 0.29) is 18.6 Å². The monoisotopic (exact) mass is 419 g/mol. The Morgan fingerprint density at radius 3 is 2.73 bits per heavy atom. The molecule has 1 unspecified atom stereocenters. The lowest BCUT2D eigenvalue weighted by Gasteiger charge is -2.13.